The molecule has 0 saturated carbocycles. The second kappa shape index (κ2) is 7.91. The zero-order chi connectivity index (χ0) is 18.7. The van der Waals surface area contributed by atoms with Gasteiger partial charge in [-0.25, -0.2) is 0 Å². The molecule has 0 spiro atoms. The van der Waals surface area contributed by atoms with E-state index in [0.717, 1.165) is 25.2 Å². The van der Waals surface area contributed by atoms with Crippen LogP contribution < -0.4 is 4.74 Å². The quantitative estimate of drug-likeness (QED) is 0.811. The number of nitrogens with zero attached hydrogens (tertiary/aromatic N) is 2. The number of rotatable bonds is 7. The number of hydrogen-bond donors (Lipinski definition) is 1. The summed E-state index contributed by atoms with van der Waals surface area (Å²) in [5.41, 5.74) is 0.949. The highest BCUT2D eigenvalue weighted by atomic mass is 16.5. The molecule has 26 heavy (non-hydrogen) atoms. The van der Waals surface area contributed by atoms with Crippen molar-refractivity contribution in [3.8, 4) is 5.75 Å². The topological polar surface area (TPSA) is 70.1 Å². The van der Waals surface area contributed by atoms with Crippen LogP contribution in [0.5, 0.6) is 5.75 Å². The molecule has 1 aromatic carbocycles. The number of ketones is 1. The van der Waals surface area contributed by atoms with Crippen molar-refractivity contribution in [2.45, 2.75) is 32.7 Å². The number of ether oxygens (including phenoxy) is 1. The molecule has 6 nitrogen and oxygen atoms in total. The van der Waals surface area contributed by atoms with E-state index >= 15 is 0 Å². The molecule has 0 aliphatic carbocycles. The number of Topliss-reactive ketones (excluding diaryl/α,β-unsaturated/α-hetero) is 1. The Kier molecular flexibility index (Phi) is 5.61. The maximum absolute atomic E-state index is 12.6. The number of hydrogen-bond acceptors (Lipinski definition) is 5. The molecule has 3 rings (SSSR count). The van der Waals surface area contributed by atoms with Gasteiger partial charge in [-0.05, 0) is 57.5 Å². The van der Waals surface area contributed by atoms with Crippen LogP contribution in [0.15, 0.2) is 35.6 Å². The van der Waals surface area contributed by atoms with Crippen LogP contribution in [-0.2, 0) is 9.59 Å². The van der Waals surface area contributed by atoms with Gasteiger partial charge in [-0.15, -0.1) is 0 Å². The molecule has 2 aliphatic heterocycles. The Balaban J connectivity index is 1.90. The van der Waals surface area contributed by atoms with E-state index in [9.17, 15) is 14.7 Å². The van der Waals surface area contributed by atoms with E-state index in [1.165, 1.54) is 19.8 Å². The van der Waals surface area contributed by atoms with Gasteiger partial charge in [0, 0.05) is 13.1 Å². The lowest BCUT2D eigenvalue weighted by Gasteiger charge is -2.28. The molecule has 6 heteroatoms. The number of benzene rings is 1. The summed E-state index contributed by atoms with van der Waals surface area (Å²) in [6, 6.07) is 6.82. The molecule has 2 aliphatic rings. The molecule has 1 aromatic rings. The van der Waals surface area contributed by atoms with Gasteiger partial charge in [0.1, 0.15) is 5.75 Å². The lowest BCUT2D eigenvalue weighted by Crippen LogP contribution is -2.37. The summed E-state index contributed by atoms with van der Waals surface area (Å²) < 4.78 is 5.56. The maximum atomic E-state index is 12.6. The second-order valence-corrected chi connectivity index (χ2v) is 6.77. The summed E-state index contributed by atoms with van der Waals surface area (Å²) in [6.45, 7) is 7.11. The monoisotopic (exact) mass is 358 g/mol. The summed E-state index contributed by atoms with van der Waals surface area (Å²) in [7, 11) is 0. The first-order chi connectivity index (χ1) is 12.5. The van der Waals surface area contributed by atoms with Gasteiger partial charge in [-0.2, -0.15) is 0 Å². The third-order valence-electron chi connectivity index (χ3n) is 5.02. The average Bonchev–Trinajstić information content (AvgIpc) is 3.21. The van der Waals surface area contributed by atoms with Crippen LogP contribution in [0.1, 0.15) is 38.3 Å². The van der Waals surface area contributed by atoms with Crippen molar-refractivity contribution in [3.05, 3.63) is 41.2 Å². The van der Waals surface area contributed by atoms with Gasteiger partial charge in [0.15, 0.2) is 11.5 Å². The highest BCUT2D eigenvalue weighted by Gasteiger charge is 2.42. The van der Waals surface area contributed by atoms with Gasteiger partial charge in [-0.3, -0.25) is 9.59 Å². The number of carbonyl (C=O) groups excluding carboxylic acids is 2. The standard InChI is InChI=1S/C20H26N2O4/c1-3-26-16-8-6-7-15(13-16)18-17(14(2)23)19(24)20(25)22(18)12-11-21-9-4-5-10-21/h6-8,13,18,24H,3-5,9-12H2,1-2H3. The smallest absolute Gasteiger partial charge is 0.290 e. The Bertz CT molecular complexity index is 722. The molecule has 0 radical (unpaired) electrons. The second-order valence-electron chi connectivity index (χ2n) is 6.77. The van der Waals surface area contributed by atoms with Gasteiger partial charge < -0.3 is 19.6 Å². The fourth-order valence-electron chi connectivity index (χ4n) is 3.79. The van der Waals surface area contributed by atoms with Gasteiger partial charge in [0.25, 0.3) is 5.91 Å². The number of carbonyl (C=O) groups is 2. The molecule has 1 saturated heterocycles. The minimum absolute atomic E-state index is 0.171. The highest BCUT2D eigenvalue weighted by molar-refractivity contribution is 6.08. The Morgan fingerprint density at radius 1 is 1.27 bits per heavy atom. The van der Waals surface area contributed by atoms with E-state index in [1.54, 1.807) is 4.90 Å². The lowest BCUT2D eigenvalue weighted by molar-refractivity contribution is -0.129. The molecule has 0 bridgehead atoms. The average molecular weight is 358 g/mol. The minimum atomic E-state index is -0.567. The summed E-state index contributed by atoms with van der Waals surface area (Å²) in [5.74, 6) is -0.496. The lowest BCUT2D eigenvalue weighted by atomic mass is 9.96. The molecule has 1 N–H and O–H groups in total. The van der Waals surface area contributed by atoms with Crippen LogP contribution in [0.25, 0.3) is 0 Å². The first-order valence-electron chi connectivity index (χ1n) is 9.23. The first kappa shape index (κ1) is 18.5. The molecule has 1 fully saturated rings. The van der Waals surface area contributed by atoms with E-state index < -0.39 is 17.7 Å². The van der Waals surface area contributed by atoms with E-state index in [0.29, 0.717) is 18.9 Å². The normalized spacial score (nSPS) is 20.9. The van der Waals surface area contributed by atoms with Crippen molar-refractivity contribution in [1.29, 1.82) is 0 Å². The van der Waals surface area contributed by atoms with E-state index in [1.807, 2.05) is 31.2 Å². The molecule has 140 valence electrons. The molecular formula is C20H26N2O4. The zero-order valence-electron chi connectivity index (χ0n) is 15.4. The summed E-state index contributed by atoms with van der Waals surface area (Å²) >= 11 is 0. The summed E-state index contributed by atoms with van der Waals surface area (Å²) in [6.07, 6.45) is 2.35. The van der Waals surface area contributed by atoms with E-state index in [2.05, 4.69) is 4.90 Å². The van der Waals surface area contributed by atoms with Crippen LogP contribution in [0, 0.1) is 0 Å². The molecule has 1 amide bonds. The summed E-state index contributed by atoms with van der Waals surface area (Å²) in [4.78, 5) is 28.7. The van der Waals surface area contributed by atoms with Crippen molar-refractivity contribution in [3.63, 3.8) is 0 Å². The predicted octanol–water partition coefficient (Wildman–Crippen LogP) is 2.47. The SMILES string of the molecule is CCOc1cccc(C2C(C(C)=O)=C(O)C(=O)N2CCN2CCCC2)c1. The molecule has 2 heterocycles. The van der Waals surface area contributed by atoms with Gasteiger partial charge in [-0.1, -0.05) is 12.1 Å². The minimum Gasteiger partial charge on any atom is -0.503 e. The molecule has 1 unspecified atom stereocenters. The fourth-order valence-corrected chi connectivity index (χ4v) is 3.79. The van der Waals surface area contributed by atoms with Crippen molar-refractivity contribution in [2.75, 3.05) is 32.8 Å². The van der Waals surface area contributed by atoms with E-state index in [-0.39, 0.29) is 11.4 Å². The number of aliphatic hydroxyl groups excluding tert-OH is 1. The van der Waals surface area contributed by atoms with Gasteiger partial charge in [0.05, 0.1) is 18.2 Å². The Morgan fingerprint density at radius 2 is 2.00 bits per heavy atom. The highest BCUT2D eigenvalue weighted by Crippen LogP contribution is 2.38. The Hall–Kier alpha value is -2.34. The van der Waals surface area contributed by atoms with Gasteiger partial charge >= 0.3 is 0 Å². The molecule has 1 atom stereocenters. The zero-order valence-corrected chi connectivity index (χ0v) is 15.4. The summed E-state index contributed by atoms with van der Waals surface area (Å²) in [5, 5.41) is 10.3. The van der Waals surface area contributed by atoms with Crippen LogP contribution in [-0.4, -0.2) is 59.4 Å². The van der Waals surface area contributed by atoms with Crippen LogP contribution in [0.3, 0.4) is 0 Å². The molecular weight excluding hydrogens is 332 g/mol. The van der Waals surface area contributed by atoms with Crippen molar-refractivity contribution in [1.82, 2.24) is 9.80 Å². The third kappa shape index (κ3) is 3.60. The Morgan fingerprint density at radius 3 is 2.65 bits per heavy atom. The van der Waals surface area contributed by atoms with Crippen LogP contribution in [0.2, 0.25) is 0 Å². The number of amides is 1. The van der Waals surface area contributed by atoms with Crippen molar-refractivity contribution < 1.29 is 19.4 Å². The van der Waals surface area contributed by atoms with Crippen LogP contribution in [0.4, 0.5) is 0 Å². The molecule has 0 aromatic heterocycles. The first-order valence-corrected chi connectivity index (χ1v) is 9.23. The number of likely N-dealkylation sites (tertiary alicyclic amines) is 1. The van der Waals surface area contributed by atoms with Crippen molar-refractivity contribution >= 4 is 11.7 Å². The maximum Gasteiger partial charge on any atom is 0.290 e. The van der Waals surface area contributed by atoms with Crippen molar-refractivity contribution in [2.24, 2.45) is 0 Å². The fraction of sp³-hybridized carbons (Fsp3) is 0.500. The van der Waals surface area contributed by atoms with E-state index in [4.69, 9.17) is 4.74 Å². The number of aliphatic hydroxyl groups is 1. The Labute approximate surface area is 154 Å². The largest absolute Gasteiger partial charge is 0.503 e. The predicted molar refractivity (Wildman–Crippen MR) is 98.1 cm³/mol. The van der Waals surface area contributed by atoms with Crippen LogP contribution >= 0.6 is 0 Å². The third-order valence-corrected chi connectivity index (χ3v) is 5.02. The van der Waals surface area contributed by atoms with Gasteiger partial charge in [0.2, 0.25) is 0 Å².